The fourth-order valence-electron chi connectivity index (χ4n) is 4.51. The number of hydrogen-bond acceptors (Lipinski definition) is 4. The van der Waals surface area contributed by atoms with E-state index in [0.29, 0.717) is 45.0 Å². The molecule has 3 N–H and O–H groups in total. The first kappa shape index (κ1) is 19.9. The number of carbonyl (C=O) groups is 2. The third kappa shape index (κ3) is 3.74. The zero-order valence-corrected chi connectivity index (χ0v) is 16.6. The van der Waals surface area contributed by atoms with Gasteiger partial charge in [-0.05, 0) is 38.0 Å². The third-order valence-electron chi connectivity index (χ3n) is 6.38. The van der Waals surface area contributed by atoms with Crippen LogP contribution in [-0.2, 0) is 9.59 Å². The predicted molar refractivity (Wildman–Crippen MR) is 104 cm³/mol. The molecule has 7 nitrogen and oxygen atoms in total. The predicted octanol–water partition coefficient (Wildman–Crippen LogP) is 0.900. The highest BCUT2D eigenvalue weighted by molar-refractivity contribution is 6.06. The van der Waals surface area contributed by atoms with Crippen LogP contribution in [0.4, 0.5) is 0 Å². The topological polar surface area (TPSA) is 94.0 Å². The number of guanidine groups is 1. The van der Waals surface area contributed by atoms with Gasteiger partial charge in [0, 0.05) is 19.6 Å². The first-order chi connectivity index (χ1) is 12.9. The van der Waals surface area contributed by atoms with Crippen LogP contribution in [0.3, 0.4) is 0 Å². The molecule has 0 spiro atoms. The molecule has 150 valence electrons. The Labute approximate surface area is 161 Å². The number of aliphatic imine (C=N–C) groups is 1. The highest BCUT2D eigenvalue weighted by Gasteiger charge is 2.58. The summed E-state index contributed by atoms with van der Waals surface area (Å²) in [5, 5.41) is 16.7. The number of rotatable bonds is 8. The third-order valence-corrected chi connectivity index (χ3v) is 6.38. The molecule has 2 aliphatic carbocycles. The lowest BCUT2D eigenvalue weighted by Gasteiger charge is -2.24. The maximum atomic E-state index is 12.7. The SMILES string of the molecule is CCNC(=NCC(O)(CC)CC)NCCN1C(=O)C2C3C=CC(C3)C2C1=O. The van der Waals surface area contributed by atoms with Crippen LogP contribution >= 0.6 is 0 Å². The van der Waals surface area contributed by atoms with E-state index in [-0.39, 0.29) is 35.5 Å². The van der Waals surface area contributed by atoms with Crippen molar-refractivity contribution < 1.29 is 14.7 Å². The standard InChI is InChI=1S/C20H32N4O3/c1-4-20(27,5-2)12-23-19(21-6-3)22-9-10-24-17(25)15-13-7-8-14(11-13)16(15)18(24)26/h7-8,13-16,27H,4-6,9-12H2,1-3H3,(H2,21,22,23). The first-order valence-corrected chi connectivity index (χ1v) is 10.2. The first-order valence-electron chi connectivity index (χ1n) is 10.2. The lowest BCUT2D eigenvalue weighted by Crippen LogP contribution is -2.44. The summed E-state index contributed by atoms with van der Waals surface area (Å²) in [6.07, 6.45) is 6.45. The number of carbonyl (C=O) groups excluding carboxylic acids is 2. The Morgan fingerprint density at radius 1 is 1.15 bits per heavy atom. The zero-order valence-electron chi connectivity index (χ0n) is 16.6. The van der Waals surface area contributed by atoms with Crippen LogP contribution in [-0.4, -0.2) is 59.6 Å². The van der Waals surface area contributed by atoms with Crippen molar-refractivity contribution in [3.8, 4) is 0 Å². The Morgan fingerprint density at radius 2 is 1.74 bits per heavy atom. The molecule has 3 aliphatic rings. The molecule has 3 rings (SSSR count). The van der Waals surface area contributed by atoms with Crippen LogP contribution in [0.25, 0.3) is 0 Å². The normalized spacial score (nSPS) is 29.6. The molecule has 0 aromatic rings. The van der Waals surface area contributed by atoms with Crippen molar-refractivity contribution in [2.45, 2.75) is 45.6 Å². The minimum Gasteiger partial charge on any atom is -0.388 e. The number of amides is 2. The fourth-order valence-corrected chi connectivity index (χ4v) is 4.51. The molecule has 2 amide bonds. The molecule has 27 heavy (non-hydrogen) atoms. The van der Waals surface area contributed by atoms with Gasteiger partial charge in [-0.15, -0.1) is 0 Å². The number of nitrogens with one attached hydrogen (secondary N) is 2. The van der Waals surface area contributed by atoms with Gasteiger partial charge in [0.25, 0.3) is 0 Å². The van der Waals surface area contributed by atoms with Gasteiger partial charge >= 0.3 is 0 Å². The zero-order chi connectivity index (χ0) is 19.6. The summed E-state index contributed by atoms with van der Waals surface area (Å²) in [5.74, 6) is 0.771. The molecule has 1 heterocycles. The molecular weight excluding hydrogens is 344 g/mol. The molecular formula is C20H32N4O3. The van der Waals surface area contributed by atoms with Gasteiger partial charge in [0.05, 0.1) is 24.0 Å². The summed E-state index contributed by atoms with van der Waals surface area (Å²) in [4.78, 5) is 31.3. The minimum atomic E-state index is -0.799. The summed E-state index contributed by atoms with van der Waals surface area (Å²) in [6, 6.07) is 0. The summed E-state index contributed by atoms with van der Waals surface area (Å²) in [6.45, 7) is 7.67. The minimum absolute atomic E-state index is 0.0167. The van der Waals surface area contributed by atoms with E-state index in [1.54, 1.807) is 0 Å². The summed E-state index contributed by atoms with van der Waals surface area (Å²) >= 11 is 0. The Morgan fingerprint density at radius 3 is 2.26 bits per heavy atom. The fraction of sp³-hybridized carbons (Fsp3) is 0.750. The second-order valence-electron chi connectivity index (χ2n) is 7.88. The van der Waals surface area contributed by atoms with Crippen molar-refractivity contribution in [3.05, 3.63) is 12.2 Å². The van der Waals surface area contributed by atoms with E-state index in [0.717, 1.165) is 6.42 Å². The monoisotopic (exact) mass is 376 g/mol. The van der Waals surface area contributed by atoms with Crippen LogP contribution < -0.4 is 10.6 Å². The molecule has 7 heteroatoms. The smallest absolute Gasteiger partial charge is 0.233 e. The molecule has 0 radical (unpaired) electrons. The molecule has 4 unspecified atom stereocenters. The molecule has 2 fully saturated rings. The molecule has 0 aromatic heterocycles. The van der Waals surface area contributed by atoms with Gasteiger partial charge in [0.1, 0.15) is 0 Å². The van der Waals surface area contributed by atoms with Crippen LogP contribution in [0.5, 0.6) is 0 Å². The van der Waals surface area contributed by atoms with Gasteiger partial charge in [0.15, 0.2) is 5.96 Å². The van der Waals surface area contributed by atoms with Crippen LogP contribution in [0.15, 0.2) is 17.1 Å². The molecule has 4 atom stereocenters. The average Bonchev–Trinajstić information content (AvgIpc) is 3.35. The van der Waals surface area contributed by atoms with E-state index in [4.69, 9.17) is 0 Å². The van der Waals surface area contributed by atoms with Gasteiger partial charge in [-0.2, -0.15) is 0 Å². The van der Waals surface area contributed by atoms with Crippen molar-refractivity contribution in [2.75, 3.05) is 26.2 Å². The van der Waals surface area contributed by atoms with Crippen LogP contribution in [0.2, 0.25) is 0 Å². The Hall–Kier alpha value is -1.89. The van der Waals surface area contributed by atoms with E-state index < -0.39 is 5.60 Å². The Kier molecular flexibility index (Phi) is 5.89. The van der Waals surface area contributed by atoms with Crippen molar-refractivity contribution in [1.29, 1.82) is 0 Å². The molecule has 1 aliphatic heterocycles. The molecule has 1 saturated heterocycles. The number of hydrogen-bond donors (Lipinski definition) is 3. The maximum Gasteiger partial charge on any atom is 0.233 e. The van der Waals surface area contributed by atoms with Gasteiger partial charge in [-0.3, -0.25) is 19.5 Å². The second kappa shape index (κ2) is 8.00. The van der Waals surface area contributed by atoms with Gasteiger partial charge in [0.2, 0.25) is 11.8 Å². The number of fused-ring (bicyclic) bond motifs is 5. The molecule has 0 aromatic carbocycles. The highest BCUT2D eigenvalue weighted by Crippen LogP contribution is 2.52. The number of allylic oxidation sites excluding steroid dienone is 2. The lowest BCUT2D eigenvalue weighted by molar-refractivity contribution is -0.140. The lowest BCUT2D eigenvalue weighted by atomic mass is 9.85. The maximum absolute atomic E-state index is 12.7. The summed E-state index contributed by atoms with van der Waals surface area (Å²) < 4.78 is 0. The second-order valence-corrected chi connectivity index (χ2v) is 7.88. The van der Waals surface area contributed by atoms with Crippen molar-refractivity contribution in [1.82, 2.24) is 15.5 Å². The number of aliphatic hydroxyl groups is 1. The van der Waals surface area contributed by atoms with E-state index in [9.17, 15) is 14.7 Å². The average molecular weight is 377 g/mol. The quantitative estimate of drug-likeness (QED) is 0.253. The largest absolute Gasteiger partial charge is 0.388 e. The van der Waals surface area contributed by atoms with Crippen molar-refractivity contribution in [3.63, 3.8) is 0 Å². The van der Waals surface area contributed by atoms with E-state index in [2.05, 4.69) is 27.8 Å². The van der Waals surface area contributed by atoms with E-state index in [1.165, 1.54) is 4.90 Å². The van der Waals surface area contributed by atoms with E-state index in [1.807, 2.05) is 20.8 Å². The Bertz CT molecular complexity index is 611. The van der Waals surface area contributed by atoms with Crippen LogP contribution in [0, 0.1) is 23.7 Å². The van der Waals surface area contributed by atoms with E-state index >= 15 is 0 Å². The van der Waals surface area contributed by atoms with Crippen molar-refractivity contribution >= 4 is 17.8 Å². The van der Waals surface area contributed by atoms with Crippen molar-refractivity contribution in [2.24, 2.45) is 28.7 Å². The Balaban J connectivity index is 1.55. The molecule has 2 bridgehead atoms. The number of nitrogens with zero attached hydrogens (tertiary/aromatic N) is 2. The van der Waals surface area contributed by atoms with Gasteiger partial charge in [-0.1, -0.05) is 26.0 Å². The number of likely N-dealkylation sites (tertiary alicyclic amines) is 1. The molecule has 1 saturated carbocycles. The number of imide groups is 1. The van der Waals surface area contributed by atoms with Gasteiger partial charge in [-0.25, -0.2) is 0 Å². The van der Waals surface area contributed by atoms with Crippen LogP contribution in [0.1, 0.15) is 40.0 Å². The summed E-state index contributed by atoms with van der Waals surface area (Å²) in [7, 11) is 0. The summed E-state index contributed by atoms with van der Waals surface area (Å²) in [5.41, 5.74) is -0.799. The highest BCUT2D eigenvalue weighted by atomic mass is 16.3. The van der Waals surface area contributed by atoms with Gasteiger partial charge < -0.3 is 15.7 Å².